The number of amides is 1. The number of para-hydroxylation sites is 1. The van der Waals surface area contributed by atoms with E-state index in [1.54, 1.807) is 11.1 Å². The van der Waals surface area contributed by atoms with Gasteiger partial charge in [0.1, 0.15) is 11.4 Å². The van der Waals surface area contributed by atoms with Gasteiger partial charge in [0.25, 0.3) is 0 Å². The van der Waals surface area contributed by atoms with Crippen molar-refractivity contribution in [2.45, 2.75) is 38.7 Å². The van der Waals surface area contributed by atoms with Crippen LogP contribution in [0.4, 0.5) is 16.3 Å². The number of carbonyl (C=O) groups excluding carboxylic acids is 1. The minimum atomic E-state index is -0.521. The molecule has 1 aliphatic rings. The van der Waals surface area contributed by atoms with Crippen LogP contribution in [0, 0.1) is 0 Å². The van der Waals surface area contributed by atoms with Gasteiger partial charge in [0.15, 0.2) is 0 Å². The minimum absolute atomic E-state index is 0.0112. The average Bonchev–Trinajstić information content (AvgIpc) is 3.39. The molecule has 1 fully saturated rings. The molecule has 2 aromatic heterocycles. The molecule has 0 unspecified atom stereocenters. The van der Waals surface area contributed by atoms with Gasteiger partial charge in [-0.25, -0.2) is 9.78 Å². The fraction of sp³-hybridized carbons (Fsp3) is 0.364. The normalized spacial score (nSPS) is 16.4. The van der Waals surface area contributed by atoms with Gasteiger partial charge < -0.3 is 19.5 Å². The van der Waals surface area contributed by atoms with Crippen molar-refractivity contribution in [2.75, 3.05) is 18.4 Å². The number of nitrogens with one attached hydrogen (secondary N) is 1. The number of likely N-dealkylation sites (tertiary alicyclic amines) is 1. The number of benzene rings is 1. The zero-order valence-corrected chi connectivity index (χ0v) is 18.4. The van der Waals surface area contributed by atoms with E-state index in [1.165, 1.54) is 0 Å². The number of nitrogens with zero attached hydrogens (tertiary/aromatic N) is 4. The van der Waals surface area contributed by atoms with Gasteiger partial charge in [-0.15, -0.1) is 0 Å². The second kappa shape index (κ2) is 8.55. The fourth-order valence-electron chi connectivity index (χ4n) is 3.27. The smallest absolute Gasteiger partial charge is 0.410 e. The Kier molecular flexibility index (Phi) is 5.82. The topological polar surface area (TPSA) is 93.4 Å². The number of pyridine rings is 1. The summed E-state index contributed by atoms with van der Waals surface area (Å²) in [5.74, 6) is 1.62. The molecule has 9 heteroatoms. The Morgan fingerprint density at radius 3 is 2.77 bits per heavy atom. The van der Waals surface area contributed by atoms with E-state index in [2.05, 4.69) is 20.4 Å². The van der Waals surface area contributed by atoms with Gasteiger partial charge in [-0.05, 0) is 51.5 Å². The van der Waals surface area contributed by atoms with E-state index >= 15 is 0 Å². The lowest BCUT2D eigenvalue weighted by Crippen LogP contribution is -2.35. The molecule has 1 aliphatic heterocycles. The Morgan fingerprint density at radius 2 is 2.06 bits per heavy atom. The molecule has 1 N–H and O–H groups in total. The van der Waals surface area contributed by atoms with E-state index in [4.69, 9.17) is 20.9 Å². The summed E-state index contributed by atoms with van der Waals surface area (Å²) in [5, 5.41) is 7.88. The third-order valence-electron chi connectivity index (χ3n) is 4.79. The number of hydrogen-bond donors (Lipinski definition) is 1. The molecule has 0 saturated carbocycles. The van der Waals surface area contributed by atoms with Crippen LogP contribution < -0.4 is 5.32 Å². The van der Waals surface area contributed by atoms with Gasteiger partial charge in [0.05, 0.1) is 16.6 Å². The van der Waals surface area contributed by atoms with Gasteiger partial charge in [-0.3, -0.25) is 0 Å². The van der Waals surface area contributed by atoms with Crippen molar-refractivity contribution in [2.24, 2.45) is 0 Å². The van der Waals surface area contributed by atoms with Crippen LogP contribution in [0.3, 0.4) is 0 Å². The van der Waals surface area contributed by atoms with E-state index in [-0.39, 0.29) is 12.0 Å². The van der Waals surface area contributed by atoms with Gasteiger partial charge in [0.2, 0.25) is 11.7 Å². The molecule has 0 bridgehead atoms. The summed E-state index contributed by atoms with van der Waals surface area (Å²) in [6, 6.07) is 11.2. The largest absolute Gasteiger partial charge is 0.444 e. The monoisotopic (exact) mass is 441 g/mol. The van der Waals surface area contributed by atoms with Gasteiger partial charge in [-0.1, -0.05) is 28.9 Å². The van der Waals surface area contributed by atoms with E-state index in [0.717, 1.165) is 17.7 Å². The quantitative estimate of drug-likeness (QED) is 0.590. The molecule has 0 aliphatic carbocycles. The van der Waals surface area contributed by atoms with Gasteiger partial charge in [-0.2, -0.15) is 4.98 Å². The number of hydrogen-bond acceptors (Lipinski definition) is 7. The summed E-state index contributed by atoms with van der Waals surface area (Å²) in [7, 11) is 0. The predicted octanol–water partition coefficient (Wildman–Crippen LogP) is 5.25. The molecule has 0 spiro atoms. The summed E-state index contributed by atoms with van der Waals surface area (Å²) in [6.07, 6.45) is 2.11. The lowest BCUT2D eigenvalue weighted by atomic mass is 10.1. The van der Waals surface area contributed by atoms with E-state index in [9.17, 15) is 4.79 Å². The molecule has 1 aromatic carbocycles. The van der Waals surface area contributed by atoms with Crippen molar-refractivity contribution in [1.29, 1.82) is 0 Å². The van der Waals surface area contributed by atoms with Crippen LogP contribution in [0.25, 0.3) is 11.4 Å². The Bertz CT molecular complexity index is 1060. The van der Waals surface area contributed by atoms with Crippen molar-refractivity contribution in [3.05, 3.63) is 53.5 Å². The lowest BCUT2D eigenvalue weighted by Gasteiger charge is -2.24. The summed E-state index contributed by atoms with van der Waals surface area (Å²) in [5.41, 5.74) is 0.996. The molecule has 0 radical (unpaired) electrons. The van der Waals surface area contributed by atoms with Crippen LogP contribution in [0.1, 0.15) is 39.0 Å². The SMILES string of the molecule is CC(C)(C)OC(=O)N1CC[C@@H](c2nc(-c3ccc(Nc4ccccc4Cl)nc3)no2)C1. The third-order valence-corrected chi connectivity index (χ3v) is 5.12. The van der Waals surface area contributed by atoms with E-state index in [0.29, 0.717) is 35.6 Å². The number of anilines is 2. The maximum atomic E-state index is 12.3. The van der Waals surface area contributed by atoms with Crippen LogP contribution >= 0.6 is 11.6 Å². The molecular weight excluding hydrogens is 418 g/mol. The Morgan fingerprint density at radius 1 is 1.26 bits per heavy atom. The first-order valence-electron chi connectivity index (χ1n) is 10.1. The molecule has 31 heavy (non-hydrogen) atoms. The zero-order chi connectivity index (χ0) is 22.0. The second-order valence-electron chi connectivity index (χ2n) is 8.41. The van der Waals surface area contributed by atoms with Crippen LogP contribution in [0.2, 0.25) is 5.02 Å². The number of halogens is 1. The molecular formula is C22H24ClN5O3. The summed E-state index contributed by atoms with van der Waals surface area (Å²) >= 11 is 6.17. The summed E-state index contributed by atoms with van der Waals surface area (Å²) in [4.78, 5) is 22.9. The Hall–Kier alpha value is -3.13. The highest BCUT2D eigenvalue weighted by molar-refractivity contribution is 6.33. The number of carbonyl (C=O) groups is 1. The number of ether oxygens (including phenoxy) is 1. The first-order valence-corrected chi connectivity index (χ1v) is 10.5. The molecule has 3 heterocycles. The van der Waals surface area contributed by atoms with Crippen molar-refractivity contribution in [3.63, 3.8) is 0 Å². The standard InChI is InChI=1S/C22H24ClN5O3/c1-22(2,3)30-21(29)28-11-10-15(13-28)20-26-19(27-31-20)14-8-9-18(24-12-14)25-17-7-5-4-6-16(17)23/h4-9,12,15H,10-11,13H2,1-3H3,(H,24,25)/t15-/m1/s1. The first kappa shape index (κ1) is 21.1. The first-order chi connectivity index (χ1) is 14.8. The van der Waals surface area contributed by atoms with Gasteiger partial charge >= 0.3 is 6.09 Å². The number of aromatic nitrogens is 3. The Balaban J connectivity index is 1.40. The zero-order valence-electron chi connectivity index (χ0n) is 17.6. The maximum Gasteiger partial charge on any atom is 0.410 e. The van der Waals surface area contributed by atoms with Crippen molar-refractivity contribution >= 4 is 29.2 Å². The third kappa shape index (κ3) is 5.14. The lowest BCUT2D eigenvalue weighted by molar-refractivity contribution is 0.0291. The van der Waals surface area contributed by atoms with Crippen LogP contribution in [0.5, 0.6) is 0 Å². The molecule has 8 nitrogen and oxygen atoms in total. The number of rotatable bonds is 4. The van der Waals surface area contributed by atoms with Crippen LogP contribution in [-0.2, 0) is 4.74 Å². The van der Waals surface area contributed by atoms with Crippen molar-refractivity contribution in [3.8, 4) is 11.4 Å². The molecule has 3 aromatic rings. The average molecular weight is 442 g/mol. The minimum Gasteiger partial charge on any atom is -0.444 e. The molecule has 162 valence electrons. The maximum absolute atomic E-state index is 12.3. The molecule has 1 atom stereocenters. The van der Waals surface area contributed by atoms with Crippen LogP contribution in [-0.4, -0.2) is 44.8 Å². The summed E-state index contributed by atoms with van der Waals surface area (Å²) < 4.78 is 10.9. The highest BCUT2D eigenvalue weighted by Gasteiger charge is 2.33. The second-order valence-corrected chi connectivity index (χ2v) is 8.81. The molecule has 1 saturated heterocycles. The molecule has 4 rings (SSSR count). The highest BCUT2D eigenvalue weighted by atomic mass is 35.5. The van der Waals surface area contributed by atoms with Crippen molar-refractivity contribution in [1.82, 2.24) is 20.0 Å². The van der Waals surface area contributed by atoms with Gasteiger partial charge in [0, 0.05) is 24.8 Å². The highest BCUT2D eigenvalue weighted by Crippen LogP contribution is 2.29. The van der Waals surface area contributed by atoms with Crippen molar-refractivity contribution < 1.29 is 14.1 Å². The summed E-state index contributed by atoms with van der Waals surface area (Å²) in [6.45, 7) is 6.65. The van der Waals surface area contributed by atoms with Crippen LogP contribution in [0.15, 0.2) is 47.1 Å². The molecule has 1 amide bonds. The fourth-order valence-corrected chi connectivity index (χ4v) is 3.46. The predicted molar refractivity (Wildman–Crippen MR) is 117 cm³/mol. The van der Waals surface area contributed by atoms with E-state index in [1.807, 2.05) is 57.2 Å². The van der Waals surface area contributed by atoms with E-state index < -0.39 is 5.60 Å². The Labute approximate surface area is 185 Å².